The molecule has 1 amide bonds. The molecule has 0 aromatic heterocycles. The molecule has 2 atom stereocenters. The third-order valence-corrected chi connectivity index (χ3v) is 4.93. The lowest BCUT2D eigenvalue weighted by Crippen LogP contribution is -2.40. The van der Waals surface area contributed by atoms with E-state index in [0.717, 1.165) is 31.5 Å². The molecule has 0 bridgehead atoms. The first-order valence-corrected chi connectivity index (χ1v) is 8.26. The van der Waals surface area contributed by atoms with Crippen molar-refractivity contribution in [3.8, 4) is 0 Å². The maximum atomic E-state index is 12.1. The number of rotatable bonds is 4. The zero-order valence-corrected chi connectivity index (χ0v) is 12.5. The zero-order valence-electron chi connectivity index (χ0n) is 12.5. The predicted octanol–water partition coefficient (Wildman–Crippen LogP) is 2.80. The van der Waals surface area contributed by atoms with Gasteiger partial charge in [-0.25, -0.2) is 0 Å². The van der Waals surface area contributed by atoms with Crippen LogP contribution in [0.1, 0.15) is 58.3 Å². The highest BCUT2D eigenvalue weighted by molar-refractivity contribution is 5.78. The highest BCUT2D eigenvalue weighted by Gasteiger charge is 2.21. The van der Waals surface area contributed by atoms with Gasteiger partial charge in [0, 0.05) is 13.1 Å². The maximum absolute atomic E-state index is 12.1. The van der Waals surface area contributed by atoms with Crippen LogP contribution < -0.4 is 5.32 Å². The van der Waals surface area contributed by atoms with E-state index in [1.54, 1.807) is 0 Å². The van der Waals surface area contributed by atoms with Gasteiger partial charge in [-0.1, -0.05) is 39.0 Å². The third kappa shape index (κ3) is 4.79. The lowest BCUT2D eigenvalue weighted by atomic mass is 9.80. The van der Waals surface area contributed by atoms with Crippen LogP contribution in [0.4, 0.5) is 0 Å². The molecule has 3 heteroatoms. The van der Waals surface area contributed by atoms with Crippen molar-refractivity contribution in [1.29, 1.82) is 0 Å². The fraction of sp³-hybridized carbons (Fsp3) is 0.938. The molecule has 1 aliphatic heterocycles. The van der Waals surface area contributed by atoms with Gasteiger partial charge in [-0.05, 0) is 37.6 Å². The lowest BCUT2D eigenvalue weighted by molar-refractivity contribution is -0.130. The van der Waals surface area contributed by atoms with Crippen LogP contribution in [0, 0.1) is 11.8 Å². The number of likely N-dealkylation sites (tertiary alicyclic amines) is 1. The van der Waals surface area contributed by atoms with Crippen molar-refractivity contribution < 1.29 is 4.79 Å². The molecular formula is C16H30N2O. The predicted molar refractivity (Wildman–Crippen MR) is 79.0 cm³/mol. The van der Waals surface area contributed by atoms with E-state index in [2.05, 4.69) is 17.1 Å². The number of nitrogens with zero attached hydrogens (tertiary/aromatic N) is 1. The molecule has 0 aromatic rings. The topological polar surface area (TPSA) is 32.3 Å². The van der Waals surface area contributed by atoms with E-state index >= 15 is 0 Å². The highest BCUT2D eigenvalue weighted by atomic mass is 16.2. The molecule has 3 nitrogen and oxygen atoms in total. The molecule has 0 spiro atoms. The van der Waals surface area contributed by atoms with Gasteiger partial charge < -0.3 is 10.2 Å². The van der Waals surface area contributed by atoms with E-state index in [1.807, 2.05) is 0 Å². The first-order valence-electron chi connectivity index (χ1n) is 8.26. The summed E-state index contributed by atoms with van der Waals surface area (Å²) in [6, 6.07) is 0. The standard InChI is InChI=1S/C16H30N2O/c1-14-8-4-5-9-15(14)12-17-13-16(19)18-10-6-2-3-7-11-18/h14-15,17H,2-13H2,1H3. The molecule has 1 N–H and O–H groups in total. The second kappa shape index (κ2) is 7.88. The fourth-order valence-electron chi connectivity index (χ4n) is 3.49. The monoisotopic (exact) mass is 266 g/mol. The van der Waals surface area contributed by atoms with Gasteiger partial charge in [-0.2, -0.15) is 0 Å². The Morgan fingerprint density at radius 1 is 1.05 bits per heavy atom. The Hall–Kier alpha value is -0.570. The summed E-state index contributed by atoms with van der Waals surface area (Å²) >= 11 is 0. The Bertz CT molecular complexity index is 272. The number of hydrogen-bond acceptors (Lipinski definition) is 2. The quantitative estimate of drug-likeness (QED) is 0.848. The Balaban J connectivity index is 1.65. The lowest BCUT2D eigenvalue weighted by Gasteiger charge is -2.29. The summed E-state index contributed by atoms with van der Waals surface area (Å²) < 4.78 is 0. The summed E-state index contributed by atoms with van der Waals surface area (Å²) in [4.78, 5) is 14.2. The molecule has 1 heterocycles. The maximum Gasteiger partial charge on any atom is 0.236 e. The van der Waals surface area contributed by atoms with Crippen molar-refractivity contribution in [3.05, 3.63) is 0 Å². The summed E-state index contributed by atoms with van der Waals surface area (Å²) in [5, 5.41) is 3.41. The largest absolute Gasteiger partial charge is 0.342 e. The third-order valence-electron chi connectivity index (χ3n) is 4.93. The highest BCUT2D eigenvalue weighted by Crippen LogP contribution is 2.28. The van der Waals surface area contributed by atoms with E-state index in [-0.39, 0.29) is 0 Å². The van der Waals surface area contributed by atoms with Crippen LogP contribution in [0.5, 0.6) is 0 Å². The van der Waals surface area contributed by atoms with Crippen LogP contribution in [0.15, 0.2) is 0 Å². The average Bonchev–Trinajstić information content (AvgIpc) is 2.70. The molecule has 2 unspecified atom stereocenters. The second-order valence-corrected chi connectivity index (χ2v) is 6.45. The van der Waals surface area contributed by atoms with E-state index in [9.17, 15) is 4.79 Å². The summed E-state index contributed by atoms with van der Waals surface area (Å²) in [5.41, 5.74) is 0. The summed E-state index contributed by atoms with van der Waals surface area (Å²) in [6.45, 7) is 5.88. The zero-order chi connectivity index (χ0) is 13.5. The normalized spacial score (nSPS) is 29.0. The Morgan fingerprint density at radius 2 is 1.74 bits per heavy atom. The van der Waals surface area contributed by atoms with Crippen molar-refractivity contribution in [3.63, 3.8) is 0 Å². The van der Waals surface area contributed by atoms with E-state index in [4.69, 9.17) is 0 Å². The number of carbonyl (C=O) groups excluding carboxylic acids is 1. The number of hydrogen-bond donors (Lipinski definition) is 1. The van der Waals surface area contributed by atoms with Gasteiger partial charge in [0.15, 0.2) is 0 Å². The summed E-state index contributed by atoms with van der Waals surface area (Å²) in [6.07, 6.45) is 10.4. The molecule has 0 radical (unpaired) electrons. The Kier molecular flexibility index (Phi) is 6.15. The van der Waals surface area contributed by atoms with Crippen molar-refractivity contribution in [2.45, 2.75) is 58.3 Å². The molecule has 110 valence electrons. The molecular weight excluding hydrogens is 236 g/mol. The minimum atomic E-state index is 0.311. The van der Waals surface area contributed by atoms with E-state index < -0.39 is 0 Å². The Labute approximate surface area is 118 Å². The molecule has 2 rings (SSSR count). The van der Waals surface area contributed by atoms with Gasteiger partial charge in [0.1, 0.15) is 0 Å². The van der Waals surface area contributed by atoms with Gasteiger partial charge in [0.05, 0.1) is 6.54 Å². The van der Waals surface area contributed by atoms with Gasteiger partial charge in [0.2, 0.25) is 5.91 Å². The van der Waals surface area contributed by atoms with E-state index in [1.165, 1.54) is 51.4 Å². The Morgan fingerprint density at radius 3 is 2.42 bits per heavy atom. The molecule has 1 saturated carbocycles. The van der Waals surface area contributed by atoms with Crippen LogP contribution in [-0.4, -0.2) is 37.0 Å². The van der Waals surface area contributed by atoms with E-state index in [0.29, 0.717) is 12.5 Å². The summed E-state index contributed by atoms with van der Waals surface area (Å²) in [7, 11) is 0. The first kappa shape index (κ1) is 14.8. The average molecular weight is 266 g/mol. The van der Waals surface area contributed by atoms with Crippen LogP contribution >= 0.6 is 0 Å². The number of carbonyl (C=O) groups is 1. The summed E-state index contributed by atoms with van der Waals surface area (Å²) in [5.74, 6) is 1.92. The fourth-order valence-corrected chi connectivity index (χ4v) is 3.49. The van der Waals surface area contributed by atoms with Crippen LogP contribution in [-0.2, 0) is 4.79 Å². The second-order valence-electron chi connectivity index (χ2n) is 6.45. The number of amides is 1. The minimum absolute atomic E-state index is 0.311. The number of nitrogens with one attached hydrogen (secondary N) is 1. The minimum Gasteiger partial charge on any atom is -0.342 e. The van der Waals surface area contributed by atoms with Gasteiger partial charge in [-0.15, -0.1) is 0 Å². The van der Waals surface area contributed by atoms with Gasteiger partial charge >= 0.3 is 0 Å². The van der Waals surface area contributed by atoms with Crippen LogP contribution in [0.3, 0.4) is 0 Å². The van der Waals surface area contributed by atoms with Crippen LogP contribution in [0.2, 0.25) is 0 Å². The van der Waals surface area contributed by atoms with Crippen molar-refractivity contribution in [2.24, 2.45) is 11.8 Å². The van der Waals surface area contributed by atoms with Crippen molar-refractivity contribution in [2.75, 3.05) is 26.2 Å². The van der Waals surface area contributed by atoms with Gasteiger partial charge in [0.25, 0.3) is 0 Å². The van der Waals surface area contributed by atoms with Crippen LogP contribution in [0.25, 0.3) is 0 Å². The SMILES string of the molecule is CC1CCCCC1CNCC(=O)N1CCCCCC1. The first-order chi connectivity index (χ1) is 9.27. The molecule has 1 saturated heterocycles. The smallest absolute Gasteiger partial charge is 0.236 e. The van der Waals surface area contributed by atoms with Crippen molar-refractivity contribution >= 4 is 5.91 Å². The molecule has 2 fully saturated rings. The molecule has 2 aliphatic rings. The van der Waals surface area contributed by atoms with Crippen molar-refractivity contribution in [1.82, 2.24) is 10.2 Å². The molecule has 0 aromatic carbocycles. The van der Waals surface area contributed by atoms with Gasteiger partial charge in [-0.3, -0.25) is 4.79 Å². The molecule has 1 aliphatic carbocycles. The molecule has 19 heavy (non-hydrogen) atoms.